The van der Waals surface area contributed by atoms with Gasteiger partial charge in [-0.3, -0.25) is 4.79 Å². The number of nitrogens with zero attached hydrogens (tertiary/aromatic N) is 1. The largest absolute Gasteiger partial charge is 0.452 e. The number of morpholine rings is 1. The van der Waals surface area contributed by atoms with Crippen LogP contribution in [0.5, 0.6) is 0 Å². The van der Waals surface area contributed by atoms with Crippen LogP contribution in [0.1, 0.15) is 11.1 Å². The predicted molar refractivity (Wildman–Crippen MR) is 121 cm³/mol. The molecule has 1 N–H and O–H groups in total. The second-order valence-electron chi connectivity index (χ2n) is 7.04. The minimum Gasteiger partial charge on any atom is -0.452 e. The van der Waals surface area contributed by atoms with Crippen molar-refractivity contribution >= 4 is 45.3 Å². The Hall–Kier alpha value is -2.72. The number of halogens is 1. The van der Waals surface area contributed by atoms with Crippen molar-refractivity contribution in [2.24, 2.45) is 0 Å². The third-order valence-corrected chi connectivity index (χ3v) is 7.02. The van der Waals surface area contributed by atoms with Crippen LogP contribution in [-0.4, -0.2) is 57.5 Å². The molecule has 0 aliphatic carbocycles. The number of hydrogen-bond donors (Lipinski definition) is 1. The second kappa shape index (κ2) is 10.7. The van der Waals surface area contributed by atoms with Crippen molar-refractivity contribution in [3.05, 3.63) is 64.7 Å². The Bertz CT molecular complexity index is 1110. The Kier molecular flexibility index (Phi) is 8.03. The van der Waals surface area contributed by atoms with Gasteiger partial charge in [-0.15, -0.1) is 0 Å². The van der Waals surface area contributed by atoms with Crippen LogP contribution >= 0.6 is 11.6 Å². The maximum absolute atomic E-state index is 12.6. The number of esters is 1. The van der Waals surface area contributed by atoms with Gasteiger partial charge >= 0.3 is 5.97 Å². The molecule has 1 fully saturated rings. The molecule has 0 unspecified atom stereocenters. The number of anilines is 1. The quantitative estimate of drug-likeness (QED) is 0.485. The number of ether oxygens (including phenoxy) is 2. The molecule has 0 radical (unpaired) electrons. The summed E-state index contributed by atoms with van der Waals surface area (Å²) >= 11 is 6.01. The third-order valence-electron chi connectivity index (χ3n) is 4.70. The molecule has 0 atom stereocenters. The number of benzene rings is 2. The van der Waals surface area contributed by atoms with Crippen LogP contribution in [0, 0.1) is 6.92 Å². The van der Waals surface area contributed by atoms with Gasteiger partial charge in [0.1, 0.15) is 0 Å². The molecule has 1 amide bonds. The monoisotopic (exact) mass is 478 g/mol. The van der Waals surface area contributed by atoms with Crippen molar-refractivity contribution in [3.63, 3.8) is 0 Å². The summed E-state index contributed by atoms with van der Waals surface area (Å²) in [5, 5.41) is 3.11. The first kappa shape index (κ1) is 23.9. The van der Waals surface area contributed by atoms with Gasteiger partial charge in [-0.25, -0.2) is 13.2 Å². The van der Waals surface area contributed by atoms with Gasteiger partial charge in [0.15, 0.2) is 6.61 Å². The van der Waals surface area contributed by atoms with E-state index in [4.69, 9.17) is 21.1 Å². The number of hydrogen-bond acceptors (Lipinski definition) is 6. The number of sulfonamides is 1. The summed E-state index contributed by atoms with van der Waals surface area (Å²) in [7, 11) is -3.57. The Morgan fingerprint density at radius 2 is 1.84 bits per heavy atom. The van der Waals surface area contributed by atoms with Crippen LogP contribution in [0.15, 0.2) is 53.4 Å². The first-order valence-corrected chi connectivity index (χ1v) is 11.7. The molecule has 0 spiro atoms. The molecule has 0 bridgehead atoms. The van der Waals surface area contributed by atoms with Crippen LogP contribution in [0.3, 0.4) is 0 Å². The number of amides is 1. The SMILES string of the molecule is Cc1ccc(NC(=O)COC(=O)/C=C/c2ccc(S(=O)(=O)N3CCOCC3)cc2)cc1Cl. The Balaban J connectivity index is 1.50. The molecular weight excluding hydrogens is 456 g/mol. The fourth-order valence-electron chi connectivity index (χ4n) is 2.90. The predicted octanol–water partition coefficient (Wildman–Crippen LogP) is 2.86. The van der Waals surface area contributed by atoms with E-state index >= 15 is 0 Å². The van der Waals surface area contributed by atoms with Crippen molar-refractivity contribution < 1.29 is 27.5 Å². The molecular formula is C22H23ClN2O6S. The zero-order chi connectivity index (χ0) is 23.1. The maximum atomic E-state index is 12.6. The number of carbonyl (C=O) groups is 2. The molecule has 1 aliphatic heterocycles. The standard InChI is InChI=1S/C22H23ClN2O6S/c1-16-2-6-18(14-20(16)23)24-21(26)15-31-22(27)9-5-17-3-7-19(8-4-17)32(28,29)25-10-12-30-13-11-25/h2-9,14H,10-13,15H2,1H3,(H,24,26)/b9-5+. The maximum Gasteiger partial charge on any atom is 0.331 e. The zero-order valence-corrected chi connectivity index (χ0v) is 19.0. The lowest BCUT2D eigenvalue weighted by Gasteiger charge is -2.26. The highest BCUT2D eigenvalue weighted by atomic mass is 35.5. The normalized spacial score (nSPS) is 14.9. The van der Waals surface area contributed by atoms with Crippen molar-refractivity contribution in [3.8, 4) is 0 Å². The molecule has 3 rings (SSSR count). The molecule has 2 aromatic rings. The number of nitrogens with one attached hydrogen (secondary N) is 1. The summed E-state index contributed by atoms with van der Waals surface area (Å²) in [6, 6.07) is 11.2. The van der Waals surface area contributed by atoms with Crippen molar-refractivity contribution in [1.29, 1.82) is 0 Å². The van der Waals surface area contributed by atoms with Crippen LogP contribution in [-0.2, 0) is 29.1 Å². The van der Waals surface area contributed by atoms with Gasteiger partial charge in [0.2, 0.25) is 10.0 Å². The highest BCUT2D eigenvalue weighted by Crippen LogP contribution is 2.20. The summed E-state index contributed by atoms with van der Waals surface area (Å²) in [6.07, 6.45) is 2.65. The fraction of sp³-hybridized carbons (Fsp3) is 0.273. The average Bonchev–Trinajstić information content (AvgIpc) is 2.79. The van der Waals surface area contributed by atoms with Crippen molar-refractivity contribution in [2.45, 2.75) is 11.8 Å². The Morgan fingerprint density at radius 3 is 2.50 bits per heavy atom. The topological polar surface area (TPSA) is 102 Å². The first-order chi connectivity index (χ1) is 15.3. The lowest BCUT2D eigenvalue weighted by Crippen LogP contribution is -2.40. The molecule has 0 saturated carbocycles. The summed E-state index contributed by atoms with van der Waals surface area (Å²) in [6.45, 7) is 2.78. The van der Waals surface area contributed by atoms with E-state index in [0.29, 0.717) is 42.6 Å². The van der Waals surface area contributed by atoms with E-state index in [9.17, 15) is 18.0 Å². The van der Waals surface area contributed by atoms with Gasteiger partial charge in [0, 0.05) is 29.9 Å². The van der Waals surface area contributed by atoms with E-state index in [-0.39, 0.29) is 4.90 Å². The molecule has 1 aliphatic rings. The summed E-state index contributed by atoms with van der Waals surface area (Å²) in [5.41, 5.74) is 2.00. The Morgan fingerprint density at radius 1 is 1.16 bits per heavy atom. The van der Waals surface area contributed by atoms with Gasteiger partial charge in [-0.05, 0) is 48.4 Å². The lowest BCUT2D eigenvalue weighted by atomic mass is 10.2. The number of aryl methyl sites for hydroxylation is 1. The smallest absolute Gasteiger partial charge is 0.331 e. The summed E-state index contributed by atoms with van der Waals surface area (Å²) in [5.74, 6) is -1.20. The lowest BCUT2D eigenvalue weighted by molar-refractivity contribution is -0.142. The second-order valence-corrected chi connectivity index (χ2v) is 9.38. The van der Waals surface area contributed by atoms with E-state index in [1.807, 2.05) is 6.92 Å². The molecule has 0 aromatic heterocycles. The molecule has 10 heteroatoms. The molecule has 1 saturated heterocycles. The van der Waals surface area contributed by atoms with Gasteiger partial charge < -0.3 is 14.8 Å². The molecule has 170 valence electrons. The molecule has 2 aromatic carbocycles. The highest BCUT2D eigenvalue weighted by Gasteiger charge is 2.25. The van der Waals surface area contributed by atoms with Gasteiger partial charge in [0.05, 0.1) is 18.1 Å². The zero-order valence-electron chi connectivity index (χ0n) is 17.4. The molecule has 32 heavy (non-hydrogen) atoms. The van der Waals surface area contributed by atoms with Crippen molar-refractivity contribution in [1.82, 2.24) is 4.31 Å². The van der Waals surface area contributed by atoms with Gasteiger partial charge in [0.25, 0.3) is 5.91 Å². The first-order valence-electron chi connectivity index (χ1n) is 9.84. The van der Waals surface area contributed by atoms with E-state index < -0.39 is 28.5 Å². The van der Waals surface area contributed by atoms with Crippen LogP contribution in [0.4, 0.5) is 5.69 Å². The van der Waals surface area contributed by atoms with E-state index in [1.165, 1.54) is 28.6 Å². The van der Waals surface area contributed by atoms with Crippen LogP contribution in [0.2, 0.25) is 5.02 Å². The van der Waals surface area contributed by atoms with E-state index in [0.717, 1.165) is 5.56 Å². The highest BCUT2D eigenvalue weighted by molar-refractivity contribution is 7.89. The Labute approximate surface area is 191 Å². The van der Waals surface area contributed by atoms with E-state index in [2.05, 4.69) is 5.32 Å². The van der Waals surface area contributed by atoms with E-state index in [1.54, 1.807) is 30.3 Å². The summed E-state index contributed by atoms with van der Waals surface area (Å²) < 4.78 is 36.7. The van der Waals surface area contributed by atoms with Crippen molar-refractivity contribution in [2.75, 3.05) is 38.2 Å². The van der Waals surface area contributed by atoms with Gasteiger partial charge in [-0.1, -0.05) is 29.8 Å². The number of carbonyl (C=O) groups excluding carboxylic acids is 2. The summed E-state index contributed by atoms with van der Waals surface area (Å²) in [4.78, 5) is 24.0. The average molecular weight is 479 g/mol. The fourth-order valence-corrected chi connectivity index (χ4v) is 4.49. The van der Waals surface area contributed by atoms with Crippen LogP contribution in [0.25, 0.3) is 6.08 Å². The van der Waals surface area contributed by atoms with Gasteiger partial charge in [-0.2, -0.15) is 4.31 Å². The minimum absolute atomic E-state index is 0.173. The molecule has 1 heterocycles. The third kappa shape index (κ3) is 6.39. The number of rotatable bonds is 7. The van der Waals surface area contributed by atoms with Crippen LogP contribution < -0.4 is 5.32 Å². The molecule has 8 nitrogen and oxygen atoms in total. The minimum atomic E-state index is -3.57.